The molecule has 0 bridgehead atoms. The van der Waals surface area contributed by atoms with E-state index in [1.807, 2.05) is 0 Å². The van der Waals surface area contributed by atoms with Crippen LogP contribution in [0.1, 0.15) is 27.7 Å². The normalized spacial score (nSPS) is 26.1. The van der Waals surface area contributed by atoms with Crippen LogP contribution in [0, 0.1) is 0 Å². The Morgan fingerprint density at radius 2 is 0.536 bits per heavy atom. The topological polar surface area (TPSA) is 0 Å². The van der Waals surface area contributed by atoms with Crippen LogP contribution < -0.4 is 67.9 Å². The predicted octanol–water partition coefficient (Wildman–Crippen LogP) is -10.6. The third kappa shape index (κ3) is 6.39. The summed E-state index contributed by atoms with van der Waals surface area (Å²) in [7, 11) is 0. The van der Waals surface area contributed by atoms with E-state index in [1.165, 1.54) is 123 Å². The standard InChI is InChI=1S/C20H44N4.4BrH/c1-5-21(6-2)9-13-23(14-10-21)17-19-24(20-18-23)15-11-22(7-3,8-4)12-16-24;;;;/h5-20H2,1-4H3;4*1H/q+4;;;;/p-4. The second-order valence-corrected chi connectivity index (χ2v) is 9.31. The van der Waals surface area contributed by atoms with E-state index in [0.717, 1.165) is 0 Å². The number of halogens is 4. The molecular weight excluding hydrogens is 616 g/mol. The van der Waals surface area contributed by atoms with Crippen LogP contribution in [0.4, 0.5) is 0 Å². The molecule has 0 aromatic rings. The first-order valence-corrected chi connectivity index (χ1v) is 10.9. The zero-order valence-corrected chi connectivity index (χ0v) is 25.0. The van der Waals surface area contributed by atoms with Crippen molar-refractivity contribution in [3.63, 3.8) is 0 Å². The number of hydrogen-bond donors (Lipinski definition) is 0. The van der Waals surface area contributed by atoms with Gasteiger partial charge in [0, 0.05) is 0 Å². The lowest BCUT2D eigenvalue weighted by Gasteiger charge is -2.56. The average molecular weight is 660 g/mol. The first-order valence-electron chi connectivity index (χ1n) is 10.9. The van der Waals surface area contributed by atoms with E-state index < -0.39 is 0 Å². The summed E-state index contributed by atoms with van der Waals surface area (Å²) < 4.78 is 5.68. The molecule has 3 aliphatic rings. The van der Waals surface area contributed by atoms with Gasteiger partial charge in [0.1, 0.15) is 78.5 Å². The van der Waals surface area contributed by atoms with Crippen LogP contribution >= 0.6 is 0 Å². The third-order valence-corrected chi connectivity index (χ3v) is 8.98. The van der Waals surface area contributed by atoms with Crippen LogP contribution in [0.15, 0.2) is 0 Å². The summed E-state index contributed by atoms with van der Waals surface area (Å²) >= 11 is 0. The van der Waals surface area contributed by atoms with E-state index in [-0.39, 0.29) is 67.9 Å². The fourth-order valence-corrected chi connectivity index (χ4v) is 5.82. The Morgan fingerprint density at radius 1 is 0.357 bits per heavy atom. The van der Waals surface area contributed by atoms with Gasteiger partial charge >= 0.3 is 0 Å². The number of piperazine rings is 3. The lowest BCUT2D eigenvalue weighted by molar-refractivity contribution is -1.09. The van der Waals surface area contributed by atoms with Crippen molar-refractivity contribution in [2.45, 2.75) is 27.7 Å². The SMILES string of the molecule is CC[N+]1(CC)CC[N+]2(CC1)CC[N+]1(CC[N+](CC)(CC)CC1)CC2.[Br-].[Br-].[Br-].[Br-]. The average Bonchev–Trinajstić information content (AvgIpc) is 2.67. The molecule has 3 rings (SSSR count). The van der Waals surface area contributed by atoms with E-state index in [2.05, 4.69) is 27.7 Å². The number of likely N-dealkylation sites (N-methyl/N-ethyl adjacent to an activating group) is 2. The van der Waals surface area contributed by atoms with E-state index in [9.17, 15) is 0 Å². The van der Waals surface area contributed by atoms with Crippen molar-refractivity contribution >= 4 is 0 Å². The predicted molar refractivity (Wildman–Crippen MR) is 102 cm³/mol. The maximum absolute atomic E-state index is 2.40. The zero-order valence-electron chi connectivity index (χ0n) is 18.6. The van der Waals surface area contributed by atoms with Crippen molar-refractivity contribution in [1.29, 1.82) is 0 Å². The molecule has 0 aromatic heterocycles. The fourth-order valence-electron chi connectivity index (χ4n) is 5.82. The van der Waals surface area contributed by atoms with E-state index in [4.69, 9.17) is 0 Å². The van der Waals surface area contributed by atoms with Crippen molar-refractivity contribution in [2.75, 3.05) is 105 Å². The zero-order chi connectivity index (χ0) is 17.3. The minimum absolute atomic E-state index is 0. The van der Waals surface area contributed by atoms with Gasteiger partial charge in [0.15, 0.2) is 0 Å². The summed E-state index contributed by atoms with van der Waals surface area (Å²) in [4.78, 5) is 0. The largest absolute Gasteiger partial charge is 1.00 e. The van der Waals surface area contributed by atoms with Gasteiger partial charge in [0.2, 0.25) is 0 Å². The smallest absolute Gasteiger partial charge is 0.129 e. The summed E-state index contributed by atoms with van der Waals surface area (Å²) in [5, 5.41) is 0. The van der Waals surface area contributed by atoms with Gasteiger partial charge < -0.3 is 85.9 Å². The number of hydrogen-bond acceptors (Lipinski definition) is 0. The van der Waals surface area contributed by atoms with Gasteiger partial charge in [-0.25, -0.2) is 0 Å². The Balaban J connectivity index is 0. The second-order valence-electron chi connectivity index (χ2n) is 9.31. The van der Waals surface area contributed by atoms with Gasteiger partial charge in [0.05, 0.1) is 26.2 Å². The van der Waals surface area contributed by atoms with Crippen LogP contribution in [0.3, 0.4) is 0 Å². The molecule has 3 fully saturated rings. The van der Waals surface area contributed by atoms with Crippen molar-refractivity contribution < 1.29 is 85.9 Å². The molecule has 3 heterocycles. The van der Waals surface area contributed by atoms with Crippen LogP contribution in [-0.2, 0) is 0 Å². The maximum Gasteiger partial charge on any atom is 0.129 e. The molecule has 0 aliphatic carbocycles. The van der Waals surface area contributed by atoms with E-state index in [1.54, 1.807) is 0 Å². The van der Waals surface area contributed by atoms with Crippen LogP contribution in [0.2, 0.25) is 0 Å². The van der Waals surface area contributed by atoms with E-state index >= 15 is 0 Å². The van der Waals surface area contributed by atoms with Crippen LogP contribution in [0.5, 0.6) is 0 Å². The molecule has 0 aromatic carbocycles. The van der Waals surface area contributed by atoms with E-state index in [0.29, 0.717) is 0 Å². The molecule has 4 nitrogen and oxygen atoms in total. The lowest BCUT2D eigenvalue weighted by atomic mass is 10.1. The highest BCUT2D eigenvalue weighted by Crippen LogP contribution is 2.27. The number of rotatable bonds is 4. The molecule has 0 atom stereocenters. The highest BCUT2D eigenvalue weighted by molar-refractivity contribution is 4.62. The molecule has 8 heteroatoms. The molecule has 0 saturated carbocycles. The van der Waals surface area contributed by atoms with Crippen molar-refractivity contribution in [3.05, 3.63) is 0 Å². The summed E-state index contributed by atoms with van der Waals surface area (Å²) in [6.45, 7) is 32.3. The first kappa shape index (κ1) is 31.9. The highest BCUT2D eigenvalue weighted by Gasteiger charge is 2.49. The third-order valence-electron chi connectivity index (χ3n) is 8.98. The monoisotopic (exact) mass is 656 g/mol. The fraction of sp³-hybridized carbons (Fsp3) is 1.00. The van der Waals surface area contributed by atoms with Crippen molar-refractivity contribution in [1.82, 2.24) is 0 Å². The first-order chi connectivity index (χ1) is 11.5. The van der Waals surface area contributed by atoms with Gasteiger partial charge in [-0.15, -0.1) is 0 Å². The number of nitrogens with zero attached hydrogens (tertiary/aromatic N) is 4. The second kappa shape index (κ2) is 12.7. The van der Waals surface area contributed by atoms with Crippen molar-refractivity contribution in [2.24, 2.45) is 0 Å². The highest BCUT2D eigenvalue weighted by atomic mass is 79.9. The van der Waals surface area contributed by atoms with Gasteiger partial charge in [-0.1, -0.05) is 0 Å². The molecule has 0 N–H and O–H groups in total. The molecule has 3 saturated heterocycles. The molecule has 0 radical (unpaired) electrons. The van der Waals surface area contributed by atoms with Gasteiger partial charge in [-0.3, -0.25) is 0 Å². The Hall–Kier alpha value is 1.76. The van der Waals surface area contributed by atoms with Crippen molar-refractivity contribution in [3.8, 4) is 0 Å². The molecule has 0 unspecified atom stereocenters. The van der Waals surface area contributed by atoms with Gasteiger partial charge in [-0.05, 0) is 27.7 Å². The lowest BCUT2D eigenvalue weighted by Crippen LogP contribution is -3.00. The quantitative estimate of drug-likeness (QED) is 0.263. The molecule has 0 amide bonds. The summed E-state index contributed by atoms with van der Waals surface area (Å²) in [6.07, 6.45) is 0. The van der Waals surface area contributed by atoms with Gasteiger partial charge in [-0.2, -0.15) is 0 Å². The Morgan fingerprint density at radius 3 is 0.714 bits per heavy atom. The Bertz CT molecular complexity index is 370. The summed E-state index contributed by atoms with van der Waals surface area (Å²) in [6, 6.07) is 0. The van der Waals surface area contributed by atoms with Crippen LogP contribution in [-0.4, -0.2) is 123 Å². The molecule has 172 valence electrons. The Labute approximate surface area is 217 Å². The number of quaternary nitrogens is 4. The van der Waals surface area contributed by atoms with Gasteiger partial charge in [0.25, 0.3) is 0 Å². The molecule has 28 heavy (non-hydrogen) atoms. The van der Waals surface area contributed by atoms with Crippen LogP contribution in [0.25, 0.3) is 0 Å². The summed E-state index contributed by atoms with van der Waals surface area (Å²) in [5.74, 6) is 0. The minimum Gasteiger partial charge on any atom is -1.00 e. The minimum atomic E-state index is 0. The molecule has 3 aliphatic heterocycles. The summed E-state index contributed by atoms with van der Waals surface area (Å²) in [5.41, 5.74) is 0. The Kier molecular flexibility index (Phi) is 14.5. The molecular formula is C20H44Br4N4. The molecule has 2 spiro atoms. The maximum atomic E-state index is 2.40.